The first kappa shape index (κ1) is 35.4. The van der Waals surface area contributed by atoms with Crippen LogP contribution in [-0.2, 0) is 41.6 Å². The molecule has 0 aliphatic carbocycles. The Bertz CT molecular complexity index is 1430. The zero-order chi connectivity index (χ0) is 33.4. The highest BCUT2D eigenvalue weighted by Crippen LogP contribution is 2.42. The number of hydrogen-bond acceptors (Lipinski definition) is 16. The molecule has 3 N–H and O–H groups in total. The number of nitrogens with two attached hydrogens (primary N) is 1. The summed E-state index contributed by atoms with van der Waals surface area (Å²) in [6.45, 7) is 6.85. The third-order valence-corrected chi connectivity index (χ3v) is 10.0. The van der Waals surface area contributed by atoms with Gasteiger partial charge >= 0.3 is 12.1 Å². The number of thiazole rings is 1. The molecule has 2 aromatic rings. The van der Waals surface area contributed by atoms with Crippen LogP contribution in [0, 0.1) is 5.92 Å². The van der Waals surface area contributed by atoms with Crippen LogP contribution in [0.2, 0.25) is 0 Å². The molecule has 1 saturated heterocycles. The van der Waals surface area contributed by atoms with E-state index < -0.39 is 41.6 Å². The minimum Gasteiger partial charge on any atom is -0.434 e. The monoisotopic (exact) mass is 697 g/mol. The Hall–Kier alpha value is -3.42. The molecule has 2 unspecified atom stereocenters. The molecule has 46 heavy (non-hydrogen) atoms. The predicted molar refractivity (Wildman–Crippen MR) is 171 cm³/mol. The Balaban J connectivity index is 1.46. The van der Waals surface area contributed by atoms with Gasteiger partial charge in [0, 0.05) is 30.4 Å². The SMILES string of the molecule is CCCC(C)COC(=O)OC(C)OC(=O)C1=C(CSc2nnnn2CCN(C)C)CS[C@@H]2[C@H](NC(=O)Cc3csc(N)n3)C(=O)N12. The molecule has 0 radical (unpaired) electrons. The van der Waals surface area contributed by atoms with Gasteiger partial charge in [-0.15, -0.1) is 28.2 Å². The van der Waals surface area contributed by atoms with Crippen LogP contribution in [0.1, 0.15) is 39.3 Å². The van der Waals surface area contributed by atoms with Gasteiger partial charge in [0.25, 0.3) is 5.91 Å². The van der Waals surface area contributed by atoms with Gasteiger partial charge in [0.1, 0.15) is 17.1 Å². The van der Waals surface area contributed by atoms with Crippen LogP contribution >= 0.6 is 34.9 Å². The van der Waals surface area contributed by atoms with Crippen molar-refractivity contribution in [1.82, 2.24) is 40.3 Å². The van der Waals surface area contributed by atoms with Crippen LogP contribution in [-0.4, -0.2) is 115 Å². The van der Waals surface area contributed by atoms with Gasteiger partial charge in [-0.3, -0.25) is 14.5 Å². The van der Waals surface area contributed by atoms with Gasteiger partial charge < -0.3 is 30.2 Å². The Kier molecular flexibility index (Phi) is 12.6. The number of nitrogens with one attached hydrogen (secondary N) is 1. The number of nitrogen functional groups attached to an aromatic ring is 1. The number of carbonyl (C=O) groups excluding carboxylic acids is 4. The van der Waals surface area contributed by atoms with Crippen LogP contribution < -0.4 is 11.1 Å². The molecule has 19 heteroatoms. The van der Waals surface area contributed by atoms with E-state index in [1.807, 2.05) is 32.8 Å². The van der Waals surface area contributed by atoms with E-state index in [0.29, 0.717) is 33.9 Å². The van der Waals surface area contributed by atoms with Gasteiger partial charge in [-0.25, -0.2) is 19.3 Å². The van der Waals surface area contributed by atoms with Gasteiger partial charge in [0.2, 0.25) is 17.4 Å². The topological polar surface area (TPSA) is 197 Å². The molecule has 4 rings (SSSR count). The molecule has 2 aliphatic heterocycles. The Labute approximate surface area is 279 Å². The van der Waals surface area contributed by atoms with Crippen molar-refractivity contribution >= 4 is 63.9 Å². The summed E-state index contributed by atoms with van der Waals surface area (Å²) in [5.41, 5.74) is 6.81. The van der Waals surface area contributed by atoms with Gasteiger partial charge in [0.05, 0.1) is 25.3 Å². The number of amides is 2. The van der Waals surface area contributed by atoms with Gasteiger partial charge in [-0.05, 0) is 42.4 Å². The van der Waals surface area contributed by atoms with Crippen molar-refractivity contribution in [1.29, 1.82) is 0 Å². The van der Waals surface area contributed by atoms with E-state index in [1.165, 1.54) is 46.7 Å². The standard InChI is InChI=1S/C27H39N9O7S3/c1-6-7-15(2)11-41-27(40)43-16(3)42-24(39)21-17(13-46-26-31-32-33-35(26)9-8-34(4)5)12-44-23-20(22(38)36(21)23)30-19(37)10-18-14-45-25(28)29-18/h14-16,20,23H,6-13H2,1-5H3,(H2,28,29)(H,30,37)/t15?,16?,20-,23-/m1/s1. The van der Waals surface area contributed by atoms with Crippen molar-refractivity contribution in [3.63, 3.8) is 0 Å². The molecule has 0 saturated carbocycles. The van der Waals surface area contributed by atoms with E-state index in [-0.39, 0.29) is 30.4 Å². The van der Waals surface area contributed by atoms with Crippen LogP contribution in [0.3, 0.4) is 0 Å². The lowest BCUT2D eigenvalue weighted by atomic mass is 10.0. The molecule has 2 aliphatic rings. The predicted octanol–water partition coefficient (Wildman–Crippen LogP) is 1.74. The third kappa shape index (κ3) is 9.32. The molecule has 16 nitrogen and oxygen atoms in total. The first-order chi connectivity index (χ1) is 22.0. The first-order valence-corrected chi connectivity index (χ1v) is 17.6. The largest absolute Gasteiger partial charge is 0.511 e. The number of β-lactam (4-membered cyclic amide) rings is 1. The second-order valence-electron chi connectivity index (χ2n) is 11.1. The fourth-order valence-corrected chi connectivity index (χ4v) is 7.60. The normalized spacial score (nSPS) is 18.9. The van der Waals surface area contributed by atoms with Gasteiger partial charge in [-0.2, -0.15) is 0 Å². The van der Waals surface area contributed by atoms with Crippen LogP contribution in [0.15, 0.2) is 21.8 Å². The number of anilines is 1. The Morgan fingerprint density at radius 2 is 2.04 bits per heavy atom. The number of tetrazole rings is 1. The van der Waals surface area contributed by atoms with Crippen molar-refractivity contribution < 1.29 is 33.4 Å². The molecule has 2 amide bonds. The summed E-state index contributed by atoms with van der Waals surface area (Å²) in [5, 5.41) is 16.7. The molecule has 0 bridgehead atoms. The van der Waals surface area contributed by atoms with E-state index in [0.717, 1.165) is 19.4 Å². The number of carbonyl (C=O) groups is 4. The number of esters is 1. The van der Waals surface area contributed by atoms with Crippen LogP contribution in [0.25, 0.3) is 0 Å². The number of fused-ring (bicyclic) bond motifs is 1. The zero-order valence-corrected chi connectivity index (χ0v) is 28.8. The summed E-state index contributed by atoms with van der Waals surface area (Å²) in [6.07, 6.45) is -0.440. The highest BCUT2D eigenvalue weighted by atomic mass is 32.2. The summed E-state index contributed by atoms with van der Waals surface area (Å²) < 4.78 is 17.4. The fourth-order valence-electron chi connectivity index (χ4n) is 4.65. The van der Waals surface area contributed by atoms with Crippen molar-refractivity contribution in [3.8, 4) is 0 Å². The lowest BCUT2D eigenvalue weighted by Crippen LogP contribution is -2.70. The third-order valence-electron chi connectivity index (χ3n) is 6.90. The van der Waals surface area contributed by atoms with Gasteiger partial charge in [-0.1, -0.05) is 32.0 Å². The van der Waals surface area contributed by atoms with Crippen LogP contribution in [0.4, 0.5) is 9.93 Å². The fraction of sp³-hybridized carbons (Fsp3) is 0.630. The molecule has 0 spiro atoms. The average molecular weight is 698 g/mol. The van der Waals surface area contributed by atoms with Crippen molar-refractivity contribution in [2.45, 2.75) is 69.4 Å². The quantitative estimate of drug-likeness (QED) is 0.111. The molecule has 4 atom stereocenters. The van der Waals surface area contributed by atoms with Crippen molar-refractivity contribution in [2.75, 3.05) is 44.5 Å². The molecule has 2 aromatic heterocycles. The smallest absolute Gasteiger partial charge is 0.434 e. The second-order valence-corrected chi connectivity index (χ2v) is 14.0. The van der Waals surface area contributed by atoms with Crippen molar-refractivity contribution in [3.05, 3.63) is 22.3 Å². The molecular formula is C27H39N9O7S3. The first-order valence-electron chi connectivity index (χ1n) is 14.7. The average Bonchev–Trinajstić information content (AvgIpc) is 3.63. The second kappa shape index (κ2) is 16.4. The van der Waals surface area contributed by atoms with Crippen molar-refractivity contribution in [2.24, 2.45) is 5.92 Å². The minimum absolute atomic E-state index is 0.0340. The zero-order valence-electron chi connectivity index (χ0n) is 26.3. The maximum atomic E-state index is 13.6. The van der Waals surface area contributed by atoms with E-state index in [2.05, 4.69) is 25.8 Å². The maximum Gasteiger partial charge on any atom is 0.511 e. The molecule has 252 valence electrons. The minimum atomic E-state index is -1.29. The highest BCUT2D eigenvalue weighted by molar-refractivity contribution is 8.01. The summed E-state index contributed by atoms with van der Waals surface area (Å²) in [6, 6.07) is -0.849. The number of aromatic nitrogens is 5. The molecule has 1 fully saturated rings. The number of hydrogen-bond donors (Lipinski definition) is 2. The summed E-state index contributed by atoms with van der Waals surface area (Å²) in [7, 11) is 3.89. The maximum absolute atomic E-state index is 13.6. The summed E-state index contributed by atoms with van der Waals surface area (Å²) in [5.74, 6) is -0.892. The van der Waals surface area contributed by atoms with E-state index in [1.54, 1.807) is 10.1 Å². The lowest BCUT2D eigenvalue weighted by molar-refractivity contribution is -0.169. The number of rotatable bonds is 16. The highest BCUT2D eigenvalue weighted by Gasteiger charge is 2.54. The Morgan fingerprint density at radius 1 is 1.26 bits per heavy atom. The van der Waals surface area contributed by atoms with E-state index in [9.17, 15) is 19.2 Å². The summed E-state index contributed by atoms with van der Waals surface area (Å²) >= 11 is 3.95. The molecular weight excluding hydrogens is 659 g/mol. The number of likely N-dealkylation sites (N-methyl/N-ethyl adjacent to an activating group) is 1. The summed E-state index contributed by atoms with van der Waals surface area (Å²) in [4.78, 5) is 59.3. The number of ether oxygens (including phenoxy) is 3. The number of thioether (sulfide) groups is 2. The van der Waals surface area contributed by atoms with Gasteiger partial charge in [0.15, 0.2) is 5.13 Å². The van der Waals surface area contributed by atoms with E-state index >= 15 is 0 Å². The van der Waals surface area contributed by atoms with Crippen LogP contribution in [0.5, 0.6) is 0 Å². The number of nitrogens with zero attached hydrogens (tertiary/aromatic N) is 7. The molecule has 0 aromatic carbocycles. The Morgan fingerprint density at radius 3 is 2.74 bits per heavy atom. The molecule has 4 heterocycles. The van der Waals surface area contributed by atoms with E-state index in [4.69, 9.17) is 19.9 Å². The lowest BCUT2D eigenvalue weighted by Gasteiger charge is -2.49.